The lowest BCUT2D eigenvalue weighted by molar-refractivity contribution is 0.329. The zero-order valence-electron chi connectivity index (χ0n) is 25.2. The maximum atomic E-state index is 11.1. The Balaban J connectivity index is 1.30. The molecule has 0 fully saturated rings. The molecule has 0 spiro atoms. The first kappa shape index (κ1) is 28.1. The van der Waals surface area contributed by atoms with Crippen molar-refractivity contribution in [2.45, 2.75) is 32.1 Å². The summed E-state index contributed by atoms with van der Waals surface area (Å²) in [6.07, 6.45) is 6.35. The number of allylic oxidation sites excluding steroid dienone is 4. The minimum Gasteiger partial charge on any atom is -0.503 e. The fraction of sp³-hybridized carbons (Fsp3) is 0.128. The first-order valence-corrected chi connectivity index (χ1v) is 16.0. The van der Waals surface area contributed by atoms with E-state index in [1.165, 1.54) is 31.3 Å². The molecule has 6 aromatic rings. The summed E-state index contributed by atoms with van der Waals surface area (Å²) in [5, 5.41) is 56.0. The van der Waals surface area contributed by atoms with Crippen LogP contribution in [0, 0.1) is 0 Å². The van der Waals surface area contributed by atoms with Crippen LogP contribution in [0.15, 0.2) is 103 Å². The minimum absolute atomic E-state index is 0.243. The summed E-state index contributed by atoms with van der Waals surface area (Å²) in [4.78, 5) is 1.59. The van der Waals surface area contributed by atoms with Crippen LogP contribution in [0.2, 0.25) is 0 Å². The molecule has 2 aliphatic carbocycles. The van der Waals surface area contributed by atoms with Gasteiger partial charge in [-0.25, -0.2) is 0 Å². The van der Waals surface area contributed by atoms with E-state index >= 15 is 0 Å². The van der Waals surface area contributed by atoms with Crippen LogP contribution in [0.4, 0.5) is 17.1 Å². The average molecular weight is 626 g/mol. The van der Waals surface area contributed by atoms with Crippen molar-refractivity contribution in [3.05, 3.63) is 114 Å². The molecule has 0 saturated heterocycles. The molecule has 0 unspecified atom stereocenters. The molecule has 0 bridgehead atoms. The van der Waals surface area contributed by atoms with Gasteiger partial charge in [-0.2, -0.15) is 0 Å². The van der Waals surface area contributed by atoms with Crippen molar-refractivity contribution in [1.29, 1.82) is 0 Å². The van der Waals surface area contributed by atoms with Crippen LogP contribution in [-0.4, -0.2) is 25.5 Å². The topological polar surface area (TPSA) is 104 Å². The lowest BCUT2D eigenvalue weighted by atomic mass is 9.78. The molecule has 1 aromatic heterocycles. The maximum absolute atomic E-state index is 11.1. The van der Waals surface area contributed by atoms with E-state index in [9.17, 15) is 25.5 Å². The number of phenolic OH excluding ortho intramolecular Hbond substituents is 5. The molecule has 2 aliphatic rings. The SMILES string of the molecule is CC1(C)C2=C(C=CCC2)c2ccc(N(c3ccc(-c4cccc5c4sc4ccccc45)cc3)c3c(O)c(O)c(O)c(O)c3O)cc21. The van der Waals surface area contributed by atoms with Crippen LogP contribution < -0.4 is 4.90 Å². The quantitative estimate of drug-likeness (QED) is 0.0987. The first-order chi connectivity index (χ1) is 22.2. The Morgan fingerprint density at radius 1 is 0.674 bits per heavy atom. The van der Waals surface area contributed by atoms with Crippen LogP contribution in [0.3, 0.4) is 0 Å². The predicted molar refractivity (Wildman–Crippen MR) is 186 cm³/mol. The van der Waals surface area contributed by atoms with Gasteiger partial charge in [-0.15, -0.1) is 11.3 Å². The Morgan fingerprint density at radius 3 is 2.11 bits per heavy atom. The zero-order valence-corrected chi connectivity index (χ0v) is 26.1. The van der Waals surface area contributed by atoms with Gasteiger partial charge in [-0.1, -0.05) is 86.2 Å². The van der Waals surface area contributed by atoms with Gasteiger partial charge in [0.2, 0.25) is 17.2 Å². The second-order valence-corrected chi connectivity index (χ2v) is 13.5. The third-order valence-electron chi connectivity index (χ3n) is 9.56. The highest BCUT2D eigenvalue weighted by Gasteiger charge is 2.38. The molecule has 8 rings (SSSR count). The van der Waals surface area contributed by atoms with E-state index in [0.29, 0.717) is 11.4 Å². The van der Waals surface area contributed by atoms with Crippen molar-refractivity contribution in [2.75, 3.05) is 4.90 Å². The molecule has 0 amide bonds. The molecular weight excluding hydrogens is 594 g/mol. The fourth-order valence-electron chi connectivity index (χ4n) is 7.21. The van der Waals surface area contributed by atoms with Crippen molar-refractivity contribution in [1.82, 2.24) is 0 Å². The number of hydrogen-bond acceptors (Lipinski definition) is 7. The number of nitrogens with zero attached hydrogens (tertiary/aromatic N) is 1. The van der Waals surface area contributed by atoms with Gasteiger partial charge in [0.05, 0.1) is 0 Å². The summed E-state index contributed by atoms with van der Waals surface area (Å²) in [5.74, 6) is -4.36. The van der Waals surface area contributed by atoms with Crippen LogP contribution >= 0.6 is 11.3 Å². The number of rotatable bonds is 4. The molecule has 228 valence electrons. The number of aromatic hydroxyl groups is 5. The number of anilines is 3. The van der Waals surface area contributed by atoms with Crippen LogP contribution in [0.5, 0.6) is 28.7 Å². The molecule has 7 heteroatoms. The highest BCUT2D eigenvalue weighted by Crippen LogP contribution is 2.59. The van der Waals surface area contributed by atoms with Gasteiger partial charge in [0, 0.05) is 37.0 Å². The summed E-state index contributed by atoms with van der Waals surface area (Å²) in [5.41, 5.74) is 7.60. The molecule has 5 N–H and O–H groups in total. The number of thiophene rings is 1. The van der Waals surface area contributed by atoms with Gasteiger partial charge in [0.25, 0.3) is 0 Å². The summed E-state index contributed by atoms with van der Waals surface area (Å²) in [6, 6.07) is 28.4. The van der Waals surface area contributed by atoms with Crippen molar-refractivity contribution < 1.29 is 25.5 Å². The highest BCUT2D eigenvalue weighted by atomic mass is 32.1. The molecule has 0 saturated carbocycles. The Labute approximate surface area is 269 Å². The number of hydrogen-bond donors (Lipinski definition) is 5. The molecule has 0 aliphatic heterocycles. The maximum Gasteiger partial charge on any atom is 0.208 e. The van der Waals surface area contributed by atoms with E-state index in [-0.39, 0.29) is 11.1 Å². The van der Waals surface area contributed by atoms with E-state index in [1.54, 1.807) is 16.2 Å². The fourth-order valence-corrected chi connectivity index (χ4v) is 8.45. The van der Waals surface area contributed by atoms with Gasteiger partial charge in [-0.05, 0) is 71.0 Å². The number of phenols is 5. The smallest absolute Gasteiger partial charge is 0.208 e. The molecular formula is C39H31NO5S. The van der Waals surface area contributed by atoms with E-state index < -0.39 is 28.7 Å². The Bertz CT molecular complexity index is 2270. The normalized spacial score (nSPS) is 15.0. The average Bonchev–Trinajstić information content (AvgIpc) is 3.57. The Morgan fingerprint density at radius 2 is 1.35 bits per heavy atom. The summed E-state index contributed by atoms with van der Waals surface area (Å²) in [6.45, 7) is 4.41. The van der Waals surface area contributed by atoms with Crippen molar-refractivity contribution in [3.63, 3.8) is 0 Å². The molecule has 1 heterocycles. The Kier molecular flexibility index (Phi) is 6.14. The molecule has 0 atom stereocenters. The van der Waals surface area contributed by atoms with E-state index in [4.69, 9.17) is 0 Å². The second-order valence-electron chi connectivity index (χ2n) is 12.4. The largest absolute Gasteiger partial charge is 0.503 e. The van der Waals surface area contributed by atoms with E-state index in [1.807, 2.05) is 48.5 Å². The van der Waals surface area contributed by atoms with Gasteiger partial charge < -0.3 is 30.4 Å². The van der Waals surface area contributed by atoms with Gasteiger partial charge in [0.1, 0.15) is 5.69 Å². The third-order valence-corrected chi connectivity index (χ3v) is 10.8. The van der Waals surface area contributed by atoms with E-state index in [0.717, 1.165) is 35.1 Å². The lowest BCUT2D eigenvalue weighted by Crippen LogP contribution is -2.19. The molecule has 46 heavy (non-hydrogen) atoms. The van der Waals surface area contributed by atoms with Crippen molar-refractivity contribution >= 4 is 54.1 Å². The summed E-state index contributed by atoms with van der Waals surface area (Å²) in [7, 11) is 0. The molecule has 5 aromatic carbocycles. The van der Waals surface area contributed by atoms with Gasteiger partial charge in [-0.3, -0.25) is 0 Å². The molecule has 6 nitrogen and oxygen atoms in total. The zero-order chi connectivity index (χ0) is 31.9. The lowest BCUT2D eigenvalue weighted by Gasteiger charge is -2.30. The standard InChI is InChI=1S/C39H31NO5S/c1-39(2)29-12-5-3-8-25(29)26-19-18-23(20-30(26)39)40(32-33(41)35(43)37(45)36(44)34(32)42)22-16-14-21(15-17-22)24-10-7-11-28-27-9-4-6-13-31(27)46-38(24)28/h3-4,6-11,13-20,41-45H,5,12H2,1-2H3. The molecule has 0 radical (unpaired) electrons. The first-order valence-electron chi connectivity index (χ1n) is 15.2. The summed E-state index contributed by atoms with van der Waals surface area (Å²) < 4.78 is 2.40. The summed E-state index contributed by atoms with van der Waals surface area (Å²) >= 11 is 1.75. The highest BCUT2D eigenvalue weighted by molar-refractivity contribution is 7.26. The van der Waals surface area contributed by atoms with E-state index in [2.05, 4.69) is 62.4 Å². The Hall–Kier alpha value is -5.40. The number of fused-ring (bicyclic) bond motifs is 5. The van der Waals surface area contributed by atoms with Crippen molar-refractivity contribution in [3.8, 4) is 39.9 Å². The predicted octanol–water partition coefficient (Wildman–Crippen LogP) is 10.1. The monoisotopic (exact) mass is 625 g/mol. The minimum atomic E-state index is -0.996. The number of benzene rings is 5. The van der Waals surface area contributed by atoms with Crippen LogP contribution in [-0.2, 0) is 5.41 Å². The van der Waals surface area contributed by atoms with Crippen LogP contribution in [0.1, 0.15) is 37.8 Å². The van der Waals surface area contributed by atoms with Gasteiger partial charge >= 0.3 is 0 Å². The second kappa shape index (κ2) is 10.1. The van der Waals surface area contributed by atoms with Crippen LogP contribution in [0.25, 0.3) is 36.9 Å². The van der Waals surface area contributed by atoms with Gasteiger partial charge in [0.15, 0.2) is 11.5 Å². The third kappa shape index (κ3) is 3.95. The van der Waals surface area contributed by atoms with Crippen molar-refractivity contribution in [2.24, 2.45) is 0 Å².